The summed E-state index contributed by atoms with van der Waals surface area (Å²) in [6, 6.07) is 16.1. The molecule has 294 valence electrons. The number of amides is 2. The number of carbonyl (C=O) groups excluding carboxylic acids is 2. The summed E-state index contributed by atoms with van der Waals surface area (Å²) in [5.74, 6) is -0.170. The number of anilines is 4. The number of H-pyrrole nitrogens is 2. The Morgan fingerprint density at radius 2 is 1.00 bits per heavy atom. The predicted molar refractivity (Wildman–Crippen MR) is 225 cm³/mol. The van der Waals surface area contributed by atoms with E-state index in [-0.39, 0.29) is 50.4 Å². The Hall–Kier alpha value is -6.00. The highest BCUT2D eigenvalue weighted by Crippen LogP contribution is 2.40. The van der Waals surface area contributed by atoms with E-state index in [1.54, 1.807) is 46.2 Å². The Morgan fingerprint density at radius 1 is 0.571 bits per heavy atom. The van der Waals surface area contributed by atoms with Gasteiger partial charge in [-0.25, -0.2) is 0 Å². The van der Waals surface area contributed by atoms with E-state index in [0.717, 1.165) is 12.8 Å². The van der Waals surface area contributed by atoms with Crippen LogP contribution in [-0.2, 0) is 9.59 Å². The maximum atomic E-state index is 14.8. The van der Waals surface area contributed by atoms with Crippen LogP contribution in [0.4, 0.5) is 22.7 Å². The number of phenols is 2. The Bertz CT molecular complexity index is 2370. The summed E-state index contributed by atoms with van der Waals surface area (Å²) in [5, 5.41) is 21.9. The number of fused-ring (bicyclic) bond motifs is 4. The predicted octanol–water partition coefficient (Wildman–Crippen LogP) is 3.16. The van der Waals surface area contributed by atoms with Gasteiger partial charge in [0, 0.05) is 63.1 Å². The molecule has 0 aliphatic rings. The van der Waals surface area contributed by atoms with Crippen molar-refractivity contribution in [1.29, 1.82) is 0 Å². The zero-order valence-corrected chi connectivity index (χ0v) is 32.4. The van der Waals surface area contributed by atoms with E-state index in [9.17, 15) is 29.4 Å². The van der Waals surface area contributed by atoms with Crippen molar-refractivity contribution in [2.24, 2.45) is 5.73 Å². The summed E-state index contributed by atoms with van der Waals surface area (Å²) in [7, 11) is 9.56. The number of nitrogens with two attached hydrogens (primary N) is 1. The van der Waals surface area contributed by atoms with Crippen molar-refractivity contribution in [3.8, 4) is 11.5 Å². The van der Waals surface area contributed by atoms with Crippen LogP contribution in [0.3, 0.4) is 0 Å². The van der Waals surface area contributed by atoms with E-state index < -0.39 is 0 Å². The molecule has 56 heavy (non-hydrogen) atoms. The van der Waals surface area contributed by atoms with Crippen molar-refractivity contribution in [3.63, 3.8) is 0 Å². The maximum Gasteiger partial charge on any atom is 0.214 e. The standard InChI is InChI=1S/C41H49N9O6/c1-45(2)16-19-48(24-51)34-12-10-32(36-38(34)43-30-8-6-26(53)22-28(30)40(36)55)50(21-18-47(5)15-14-42)33-11-13-35(49(25-52)20-17-46(3)4)39-37(33)41(56)29-23-27(54)7-9-31(29)44-39/h6-13,22-25,53-54H,14-21,42H2,1-5H3,(H,43,55)(H,44,56). The molecule has 0 bridgehead atoms. The molecule has 6 rings (SSSR count). The smallest absolute Gasteiger partial charge is 0.214 e. The number of carbonyl (C=O) groups is 2. The lowest BCUT2D eigenvalue weighted by atomic mass is 10.0. The number of nitrogens with zero attached hydrogens (tertiary/aromatic N) is 6. The number of hydrogen-bond donors (Lipinski definition) is 5. The third-order valence-electron chi connectivity index (χ3n) is 10.0. The number of hydrogen-bond acceptors (Lipinski definition) is 11. The Balaban J connectivity index is 1.71. The zero-order valence-electron chi connectivity index (χ0n) is 32.4. The normalized spacial score (nSPS) is 11.8. The third kappa shape index (κ3) is 7.88. The molecule has 0 spiro atoms. The molecule has 0 unspecified atom stereocenters. The second-order valence-corrected chi connectivity index (χ2v) is 14.5. The minimum atomic E-state index is -0.388. The summed E-state index contributed by atoms with van der Waals surface area (Å²) in [4.78, 5) is 72.5. The number of likely N-dealkylation sites (N-methyl/N-ethyl adjacent to an activating group) is 3. The molecule has 0 fully saturated rings. The average molecular weight is 764 g/mol. The van der Waals surface area contributed by atoms with Gasteiger partial charge in [0.25, 0.3) is 0 Å². The summed E-state index contributed by atoms with van der Waals surface area (Å²) in [6.45, 7) is 3.56. The molecular weight excluding hydrogens is 715 g/mol. The molecule has 15 heteroatoms. The van der Waals surface area contributed by atoms with Crippen molar-refractivity contribution in [3.05, 3.63) is 81.1 Å². The van der Waals surface area contributed by atoms with E-state index in [0.29, 0.717) is 90.6 Å². The Labute approximate surface area is 323 Å². The molecule has 0 aliphatic heterocycles. The fourth-order valence-corrected chi connectivity index (χ4v) is 7.05. The van der Waals surface area contributed by atoms with Gasteiger partial charge >= 0.3 is 0 Å². The van der Waals surface area contributed by atoms with Gasteiger partial charge in [-0.2, -0.15) is 0 Å². The highest BCUT2D eigenvalue weighted by Gasteiger charge is 2.26. The van der Waals surface area contributed by atoms with Crippen LogP contribution in [0.2, 0.25) is 0 Å². The number of benzene rings is 4. The van der Waals surface area contributed by atoms with Crippen LogP contribution >= 0.6 is 0 Å². The third-order valence-corrected chi connectivity index (χ3v) is 10.0. The first-order chi connectivity index (χ1) is 26.9. The number of rotatable bonds is 17. The fourth-order valence-electron chi connectivity index (χ4n) is 7.05. The van der Waals surface area contributed by atoms with Crippen molar-refractivity contribution >= 4 is 79.2 Å². The van der Waals surface area contributed by atoms with Gasteiger partial charge in [0.1, 0.15) is 11.5 Å². The number of aromatic hydroxyl groups is 2. The van der Waals surface area contributed by atoms with Crippen LogP contribution in [0.15, 0.2) is 70.3 Å². The first kappa shape index (κ1) is 39.7. The maximum absolute atomic E-state index is 14.8. The molecule has 0 aliphatic carbocycles. The molecular formula is C41H49N9O6. The van der Waals surface area contributed by atoms with Crippen molar-refractivity contribution in [2.45, 2.75) is 0 Å². The second-order valence-electron chi connectivity index (χ2n) is 14.5. The van der Waals surface area contributed by atoms with Gasteiger partial charge in [-0.05, 0) is 95.9 Å². The first-order valence-corrected chi connectivity index (χ1v) is 18.4. The van der Waals surface area contributed by atoms with Crippen LogP contribution in [0.1, 0.15) is 0 Å². The van der Waals surface area contributed by atoms with Gasteiger partial charge in [0.2, 0.25) is 12.8 Å². The summed E-state index contributed by atoms with van der Waals surface area (Å²) >= 11 is 0. The summed E-state index contributed by atoms with van der Waals surface area (Å²) in [6.07, 6.45) is 1.47. The minimum Gasteiger partial charge on any atom is -0.508 e. The van der Waals surface area contributed by atoms with Gasteiger partial charge in [0.15, 0.2) is 10.9 Å². The molecule has 6 aromatic rings. The molecule has 0 atom stereocenters. The molecule has 2 amide bonds. The summed E-state index contributed by atoms with van der Waals surface area (Å²) < 4.78 is 0. The Kier molecular flexibility index (Phi) is 11.9. The molecule has 0 saturated heterocycles. The number of pyridine rings is 2. The van der Waals surface area contributed by atoms with Crippen LogP contribution < -0.4 is 31.3 Å². The van der Waals surface area contributed by atoms with Crippen molar-refractivity contribution in [1.82, 2.24) is 24.7 Å². The van der Waals surface area contributed by atoms with Crippen LogP contribution in [0, 0.1) is 0 Å². The van der Waals surface area contributed by atoms with Crippen LogP contribution in [0.5, 0.6) is 11.5 Å². The van der Waals surface area contributed by atoms with Gasteiger partial charge in [-0.1, -0.05) is 0 Å². The lowest BCUT2D eigenvalue weighted by Gasteiger charge is -2.31. The lowest BCUT2D eigenvalue weighted by Crippen LogP contribution is -2.35. The molecule has 4 aromatic carbocycles. The van der Waals surface area contributed by atoms with Crippen LogP contribution in [0.25, 0.3) is 43.6 Å². The monoisotopic (exact) mass is 763 g/mol. The molecule has 15 nitrogen and oxygen atoms in total. The van der Waals surface area contributed by atoms with E-state index in [1.165, 1.54) is 24.3 Å². The molecule has 6 N–H and O–H groups in total. The van der Waals surface area contributed by atoms with E-state index in [1.807, 2.05) is 54.8 Å². The lowest BCUT2D eigenvalue weighted by molar-refractivity contribution is -0.108. The van der Waals surface area contributed by atoms with E-state index >= 15 is 0 Å². The zero-order chi connectivity index (χ0) is 40.3. The average Bonchev–Trinajstić information content (AvgIpc) is 3.16. The second kappa shape index (κ2) is 16.8. The highest BCUT2D eigenvalue weighted by atomic mass is 16.3. The molecule has 2 aromatic heterocycles. The van der Waals surface area contributed by atoms with Gasteiger partial charge in [0.05, 0.1) is 55.6 Å². The quantitative estimate of drug-likeness (QED) is 0.0679. The molecule has 0 saturated carbocycles. The molecule has 2 heterocycles. The number of nitrogens with one attached hydrogen (secondary N) is 2. The van der Waals surface area contributed by atoms with Gasteiger partial charge in [-0.3, -0.25) is 19.2 Å². The fraction of sp³-hybridized carbons (Fsp3) is 0.317. The number of phenolic OH excluding ortho intramolecular Hbond substituents is 2. The first-order valence-electron chi connectivity index (χ1n) is 18.4. The SMILES string of the molecule is CN(C)CCN(C=O)c1ccc(N(CCN(C)CCN)c2ccc(N(C=O)CCN(C)C)c3[nH]c4ccc(O)cc4c(=O)c23)c2c(=O)c3cc(O)ccc3[nH]c12. The van der Waals surface area contributed by atoms with Gasteiger partial charge < -0.3 is 55.3 Å². The Morgan fingerprint density at radius 3 is 1.39 bits per heavy atom. The topological polar surface area (TPSA) is 186 Å². The van der Waals surface area contributed by atoms with E-state index in [4.69, 9.17) is 5.73 Å². The largest absolute Gasteiger partial charge is 0.508 e. The van der Waals surface area contributed by atoms with E-state index in [2.05, 4.69) is 9.97 Å². The summed E-state index contributed by atoms with van der Waals surface area (Å²) in [5.41, 5.74) is 8.73. The minimum absolute atomic E-state index is 0.0851. The van der Waals surface area contributed by atoms with Crippen molar-refractivity contribution in [2.75, 3.05) is 102 Å². The number of aromatic amines is 2. The number of aromatic nitrogens is 2. The highest BCUT2D eigenvalue weighted by molar-refractivity contribution is 6.11. The van der Waals surface area contributed by atoms with Gasteiger partial charge in [-0.15, -0.1) is 0 Å². The van der Waals surface area contributed by atoms with Crippen LogP contribution in [-0.4, -0.2) is 135 Å². The molecule has 0 radical (unpaired) electrons. The van der Waals surface area contributed by atoms with Crippen molar-refractivity contribution < 1.29 is 19.8 Å².